The Bertz CT molecular complexity index is 500. The van der Waals surface area contributed by atoms with Crippen LogP contribution in [0.25, 0.3) is 6.08 Å². The molecule has 0 amide bonds. The van der Waals surface area contributed by atoms with Crippen molar-refractivity contribution in [2.24, 2.45) is 0 Å². The number of nitrogens with zero attached hydrogens (tertiary/aromatic N) is 2. The second-order valence-electron chi connectivity index (χ2n) is 5.78. The lowest BCUT2D eigenvalue weighted by atomic mass is 9.97. The molecule has 94 valence electrons. The zero-order valence-electron chi connectivity index (χ0n) is 10.7. The standard InChI is InChI=1S/C15H19N3/c1-3-12-13(4-1)16-9-5-14(12)18-10-7-15(11-18)6-2-8-17-15/h1,3,5,9,17H,2,4,6-8,10-11H2. The highest BCUT2D eigenvalue weighted by Crippen LogP contribution is 2.36. The van der Waals surface area contributed by atoms with Gasteiger partial charge in [-0.25, -0.2) is 0 Å². The average Bonchev–Trinajstić information content (AvgIpc) is 3.11. The van der Waals surface area contributed by atoms with Gasteiger partial charge in [0, 0.05) is 42.5 Å². The van der Waals surface area contributed by atoms with Crippen LogP contribution in [0, 0.1) is 0 Å². The summed E-state index contributed by atoms with van der Waals surface area (Å²) in [6, 6.07) is 2.18. The second-order valence-corrected chi connectivity index (χ2v) is 5.78. The summed E-state index contributed by atoms with van der Waals surface area (Å²) in [6.07, 6.45) is 11.4. The van der Waals surface area contributed by atoms with Gasteiger partial charge in [-0.1, -0.05) is 12.2 Å². The molecule has 1 aliphatic carbocycles. The van der Waals surface area contributed by atoms with Gasteiger partial charge in [0.05, 0.1) is 5.69 Å². The zero-order chi connectivity index (χ0) is 12.0. The van der Waals surface area contributed by atoms with E-state index in [4.69, 9.17) is 0 Å². The number of aromatic nitrogens is 1. The number of anilines is 1. The highest BCUT2D eigenvalue weighted by Gasteiger charge is 2.40. The number of nitrogens with one attached hydrogen (secondary N) is 1. The van der Waals surface area contributed by atoms with Crippen LogP contribution >= 0.6 is 0 Å². The topological polar surface area (TPSA) is 28.2 Å². The summed E-state index contributed by atoms with van der Waals surface area (Å²) in [5.41, 5.74) is 4.39. The summed E-state index contributed by atoms with van der Waals surface area (Å²) in [4.78, 5) is 7.03. The third-order valence-corrected chi connectivity index (χ3v) is 4.67. The first-order valence-electron chi connectivity index (χ1n) is 7.01. The van der Waals surface area contributed by atoms with E-state index in [0.29, 0.717) is 5.54 Å². The summed E-state index contributed by atoms with van der Waals surface area (Å²) < 4.78 is 0. The van der Waals surface area contributed by atoms with E-state index < -0.39 is 0 Å². The number of pyridine rings is 1. The molecule has 3 heterocycles. The molecule has 3 aliphatic rings. The lowest BCUT2D eigenvalue weighted by molar-refractivity contribution is 0.419. The van der Waals surface area contributed by atoms with E-state index in [2.05, 4.69) is 33.4 Å². The largest absolute Gasteiger partial charge is 0.369 e. The third-order valence-electron chi connectivity index (χ3n) is 4.67. The van der Waals surface area contributed by atoms with Gasteiger partial charge in [-0.2, -0.15) is 0 Å². The monoisotopic (exact) mass is 241 g/mol. The first-order chi connectivity index (χ1) is 8.86. The first kappa shape index (κ1) is 10.6. The molecule has 1 aromatic rings. The summed E-state index contributed by atoms with van der Waals surface area (Å²) in [7, 11) is 0. The van der Waals surface area contributed by atoms with Gasteiger partial charge in [-0.15, -0.1) is 0 Å². The Morgan fingerprint density at radius 1 is 1.33 bits per heavy atom. The Hall–Kier alpha value is -1.35. The zero-order valence-corrected chi connectivity index (χ0v) is 10.7. The molecular formula is C15H19N3. The Kier molecular flexibility index (Phi) is 2.24. The number of allylic oxidation sites excluding steroid dienone is 1. The molecule has 4 rings (SSSR count). The molecule has 0 radical (unpaired) electrons. The van der Waals surface area contributed by atoms with Crippen LogP contribution in [0.1, 0.15) is 30.5 Å². The van der Waals surface area contributed by atoms with Crippen LogP contribution in [-0.4, -0.2) is 30.2 Å². The van der Waals surface area contributed by atoms with Crippen molar-refractivity contribution >= 4 is 11.8 Å². The Morgan fingerprint density at radius 2 is 2.33 bits per heavy atom. The van der Waals surface area contributed by atoms with Gasteiger partial charge in [0.25, 0.3) is 0 Å². The predicted octanol–water partition coefficient (Wildman–Crippen LogP) is 1.98. The fourth-order valence-electron chi connectivity index (χ4n) is 3.71. The van der Waals surface area contributed by atoms with Crippen LogP contribution in [0.2, 0.25) is 0 Å². The van der Waals surface area contributed by atoms with Gasteiger partial charge in [0.15, 0.2) is 0 Å². The fraction of sp³-hybridized carbons (Fsp3) is 0.533. The Balaban J connectivity index is 1.65. The van der Waals surface area contributed by atoms with E-state index in [1.165, 1.54) is 49.3 Å². The van der Waals surface area contributed by atoms with E-state index in [1.807, 2.05) is 6.20 Å². The lowest BCUT2D eigenvalue weighted by Crippen LogP contribution is -2.42. The average molecular weight is 241 g/mol. The van der Waals surface area contributed by atoms with Crippen molar-refractivity contribution < 1.29 is 0 Å². The van der Waals surface area contributed by atoms with Gasteiger partial charge in [0.1, 0.15) is 0 Å². The van der Waals surface area contributed by atoms with Crippen molar-refractivity contribution in [1.82, 2.24) is 10.3 Å². The second kappa shape index (κ2) is 3.82. The highest BCUT2D eigenvalue weighted by atomic mass is 15.2. The molecule has 2 fully saturated rings. The predicted molar refractivity (Wildman–Crippen MR) is 73.8 cm³/mol. The van der Waals surface area contributed by atoms with E-state index in [-0.39, 0.29) is 0 Å². The van der Waals surface area contributed by atoms with Crippen molar-refractivity contribution in [3.63, 3.8) is 0 Å². The summed E-state index contributed by atoms with van der Waals surface area (Å²) in [5.74, 6) is 0. The van der Waals surface area contributed by atoms with Crippen LogP contribution in [0.3, 0.4) is 0 Å². The molecule has 2 saturated heterocycles. The van der Waals surface area contributed by atoms with Gasteiger partial charge in [0.2, 0.25) is 0 Å². The highest BCUT2D eigenvalue weighted by molar-refractivity contribution is 5.72. The maximum Gasteiger partial charge on any atom is 0.0534 e. The minimum atomic E-state index is 0.401. The molecule has 1 aromatic heterocycles. The van der Waals surface area contributed by atoms with Gasteiger partial charge >= 0.3 is 0 Å². The van der Waals surface area contributed by atoms with Crippen LogP contribution in [0.5, 0.6) is 0 Å². The fourth-order valence-corrected chi connectivity index (χ4v) is 3.71. The molecule has 1 atom stereocenters. The molecule has 3 nitrogen and oxygen atoms in total. The molecular weight excluding hydrogens is 222 g/mol. The molecule has 0 bridgehead atoms. The molecule has 3 heteroatoms. The summed E-state index contributed by atoms with van der Waals surface area (Å²) in [6.45, 7) is 3.54. The summed E-state index contributed by atoms with van der Waals surface area (Å²) >= 11 is 0. The first-order valence-corrected chi connectivity index (χ1v) is 7.01. The smallest absolute Gasteiger partial charge is 0.0534 e. The van der Waals surface area contributed by atoms with E-state index in [0.717, 1.165) is 13.0 Å². The maximum atomic E-state index is 4.48. The van der Waals surface area contributed by atoms with Crippen molar-refractivity contribution in [3.8, 4) is 0 Å². The molecule has 1 N–H and O–H groups in total. The quantitative estimate of drug-likeness (QED) is 0.815. The van der Waals surface area contributed by atoms with Crippen LogP contribution in [0.15, 0.2) is 18.3 Å². The van der Waals surface area contributed by atoms with Crippen molar-refractivity contribution in [2.45, 2.75) is 31.2 Å². The summed E-state index contributed by atoms with van der Waals surface area (Å²) in [5, 5.41) is 3.72. The number of hydrogen-bond acceptors (Lipinski definition) is 3. The molecule has 1 spiro atoms. The van der Waals surface area contributed by atoms with Crippen LogP contribution in [-0.2, 0) is 6.42 Å². The minimum Gasteiger partial charge on any atom is -0.369 e. The van der Waals surface area contributed by atoms with Gasteiger partial charge in [-0.3, -0.25) is 4.98 Å². The molecule has 0 saturated carbocycles. The molecule has 2 aliphatic heterocycles. The van der Waals surface area contributed by atoms with Gasteiger partial charge in [-0.05, 0) is 31.9 Å². The number of fused-ring (bicyclic) bond motifs is 1. The van der Waals surface area contributed by atoms with Crippen molar-refractivity contribution in [2.75, 3.05) is 24.5 Å². The van der Waals surface area contributed by atoms with E-state index in [1.54, 1.807) is 0 Å². The van der Waals surface area contributed by atoms with Crippen LogP contribution in [0.4, 0.5) is 5.69 Å². The minimum absolute atomic E-state index is 0.401. The number of hydrogen-bond donors (Lipinski definition) is 1. The Morgan fingerprint density at radius 3 is 3.22 bits per heavy atom. The van der Waals surface area contributed by atoms with E-state index >= 15 is 0 Å². The van der Waals surface area contributed by atoms with Crippen molar-refractivity contribution in [3.05, 3.63) is 29.6 Å². The van der Waals surface area contributed by atoms with E-state index in [9.17, 15) is 0 Å². The maximum absolute atomic E-state index is 4.48. The van der Waals surface area contributed by atoms with Gasteiger partial charge < -0.3 is 10.2 Å². The van der Waals surface area contributed by atoms with Crippen LogP contribution < -0.4 is 10.2 Å². The molecule has 1 unspecified atom stereocenters. The molecule has 0 aromatic carbocycles. The van der Waals surface area contributed by atoms with Crippen molar-refractivity contribution in [1.29, 1.82) is 0 Å². The molecule has 18 heavy (non-hydrogen) atoms. The lowest BCUT2D eigenvalue weighted by Gasteiger charge is -2.26. The SMILES string of the molecule is C1=Cc2c(N3CCC4(CCCN4)C3)ccnc2C1. The normalized spacial score (nSPS) is 29.4. The number of rotatable bonds is 1. The third kappa shape index (κ3) is 1.50. The Labute approximate surface area is 108 Å².